The maximum atomic E-state index is 12.2. The molecule has 0 aromatic heterocycles. The van der Waals surface area contributed by atoms with Gasteiger partial charge in [0, 0.05) is 23.7 Å². The van der Waals surface area contributed by atoms with Crippen molar-refractivity contribution in [1.29, 1.82) is 0 Å². The van der Waals surface area contributed by atoms with Gasteiger partial charge in [-0.25, -0.2) is 13.6 Å². The third-order valence-corrected chi connectivity index (χ3v) is 6.12. The van der Waals surface area contributed by atoms with Crippen molar-refractivity contribution in [3.63, 3.8) is 0 Å². The lowest BCUT2D eigenvalue weighted by molar-refractivity contribution is -0.119. The smallest absolute Gasteiger partial charge is 0.239 e. The van der Waals surface area contributed by atoms with Crippen LogP contribution in [0.15, 0.2) is 58.3 Å². The number of carbonyl (C=O) groups is 1. The van der Waals surface area contributed by atoms with Crippen LogP contribution in [-0.4, -0.2) is 39.7 Å². The van der Waals surface area contributed by atoms with E-state index in [-0.39, 0.29) is 10.8 Å². The molecule has 0 saturated heterocycles. The first-order valence-electron chi connectivity index (χ1n) is 8.29. The molecule has 138 valence electrons. The maximum absolute atomic E-state index is 12.2. The quantitative estimate of drug-likeness (QED) is 0.780. The van der Waals surface area contributed by atoms with Gasteiger partial charge in [-0.05, 0) is 36.2 Å². The molecule has 2 aromatic rings. The first kappa shape index (κ1) is 18.8. The molecule has 6 nitrogen and oxygen atoms in total. The van der Waals surface area contributed by atoms with Gasteiger partial charge >= 0.3 is 0 Å². The molecule has 0 spiro atoms. The molecule has 0 fully saturated rings. The van der Waals surface area contributed by atoms with Crippen LogP contribution >= 0.6 is 11.8 Å². The van der Waals surface area contributed by atoms with E-state index >= 15 is 0 Å². The van der Waals surface area contributed by atoms with Crippen LogP contribution in [0.2, 0.25) is 0 Å². The summed E-state index contributed by atoms with van der Waals surface area (Å²) in [4.78, 5) is 15.6. The van der Waals surface area contributed by atoms with Gasteiger partial charge in [-0.1, -0.05) is 24.3 Å². The van der Waals surface area contributed by atoms with Crippen molar-refractivity contribution in [1.82, 2.24) is 5.32 Å². The Morgan fingerprint density at radius 1 is 1.15 bits per heavy atom. The maximum Gasteiger partial charge on any atom is 0.239 e. The largest absolute Gasteiger partial charge is 0.360 e. The number of nitrogens with one attached hydrogen (secondary N) is 1. The third-order valence-electron chi connectivity index (χ3n) is 4.15. The standard InChI is InChI=1S/C18H21N3O3S2/c19-26(23,24)15-7-5-14(6-8-15)9-10-20-18(22)13-21-11-12-25-17-4-2-1-3-16(17)21/h1-8H,9-13H2,(H,20,22)(H2,19,23,24). The van der Waals surface area contributed by atoms with Crippen LogP contribution in [0.5, 0.6) is 0 Å². The zero-order valence-electron chi connectivity index (χ0n) is 14.2. The van der Waals surface area contributed by atoms with E-state index in [0.29, 0.717) is 19.5 Å². The molecular weight excluding hydrogens is 370 g/mol. The van der Waals surface area contributed by atoms with Crippen molar-refractivity contribution in [3.8, 4) is 0 Å². The predicted octanol–water partition coefficient (Wildman–Crippen LogP) is 1.60. The molecule has 1 aliphatic rings. The van der Waals surface area contributed by atoms with E-state index < -0.39 is 10.0 Å². The monoisotopic (exact) mass is 391 g/mol. The van der Waals surface area contributed by atoms with Gasteiger partial charge in [0.1, 0.15) is 0 Å². The number of benzene rings is 2. The summed E-state index contributed by atoms with van der Waals surface area (Å²) in [5.41, 5.74) is 2.05. The lowest BCUT2D eigenvalue weighted by Gasteiger charge is -2.30. The van der Waals surface area contributed by atoms with Gasteiger partial charge in [0.25, 0.3) is 0 Å². The molecular formula is C18H21N3O3S2. The number of para-hydroxylation sites is 1. The molecule has 1 heterocycles. The van der Waals surface area contributed by atoms with E-state index in [2.05, 4.69) is 16.3 Å². The topological polar surface area (TPSA) is 92.5 Å². The minimum Gasteiger partial charge on any atom is -0.360 e. The molecule has 8 heteroatoms. The minimum absolute atomic E-state index is 0.0205. The molecule has 0 unspecified atom stereocenters. The fourth-order valence-corrected chi connectivity index (χ4v) is 4.38. The number of primary sulfonamides is 1. The Labute approximate surface area is 157 Å². The minimum atomic E-state index is -3.67. The normalized spacial score (nSPS) is 14.0. The zero-order valence-corrected chi connectivity index (χ0v) is 15.9. The fraction of sp³-hybridized carbons (Fsp3) is 0.278. The number of anilines is 1. The van der Waals surface area contributed by atoms with Crippen molar-refractivity contribution in [3.05, 3.63) is 54.1 Å². The second-order valence-electron chi connectivity index (χ2n) is 6.03. The van der Waals surface area contributed by atoms with Crippen LogP contribution in [0.25, 0.3) is 0 Å². The number of rotatable bonds is 6. The highest BCUT2D eigenvalue weighted by molar-refractivity contribution is 7.99. The average Bonchev–Trinajstić information content (AvgIpc) is 2.62. The van der Waals surface area contributed by atoms with Crippen LogP contribution in [-0.2, 0) is 21.2 Å². The summed E-state index contributed by atoms with van der Waals surface area (Å²) in [7, 11) is -3.67. The summed E-state index contributed by atoms with van der Waals surface area (Å²) in [6, 6.07) is 14.5. The number of fused-ring (bicyclic) bond motifs is 1. The Hall–Kier alpha value is -2.03. The van der Waals surface area contributed by atoms with Crippen molar-refractivity contribution in [2.24, 2.45) is 5.14 Å². The Morgan fingerprint density at radius 2 is 1.88 bits per heavy atom. The zero-order chi connectivity index (χ0) is 18.6. The van der Waals surface area contributed by atoms with Gasteiger partial charge in [0.15, 0.2) is 0 Å². The summed E-state index contributed by atoms with van der Waals surface area (Å²) in [6.45, 7) is 1.68. The van der Waals surface area contributed by atoms with Crippen molar-refractivity contribution < 1.29 is 13.2 Å². The van der Waals surface area contributed by atoms with Gasteiger partial charge in [-0.15, -0.1) is 11.8 Å². The summed E-state index contributed by atoms with van der Waals surface area (Å²) in [6.07, 6.45) is 0.628. The molecule has 1 amide bonds. The molecule has 0 aliphatic carbocycles. The molecule has 2 aromatic carbocycles. The first-order valence-corrected chi connectivity index (χ1v) is 10.8. The molecule has 0 bridgehead atoms. The van der Waals surface area contributed by atoms with E-state index in [1.165, 1.54) is 17.0 Å². The van der Waals surface area contributed by atoms with Crippen molar-refractivity contribution in [2.75, 3.05) is 30.3 Å². The number of nitrogens with two attached hydrogens (primary N) is 1. The second-order valence-corrected chi connectivity index (χ2v) is 8.72. The Kier molecular flexibility index (Phi) is 5.85. The number of thioether (sulfide) groups is 1. The Morgan fingerprint density at radius 3 is 2.62 bits per heavy atom. The molecule has 0 radical (unpaired) electrons. The molecule has 26 heavy (non-hydrogen) atoms. The summed E-state index contributed by atoms with van der Waals surface area (Å²) in [5.74, 6) is 0.952. The van der Waals surface area contributed by atoms with Gasteiger partial charge in [0.2, 0.25) is 15.9 Å². The van der Waals surface area contributed by atoms with Crippen LogP contribution in [0.1, 0.15) is 5.56 Å². The third kappa shape index (κ3) is 4.78. The van der Waals surface area contributed by atoms with Crippen LogP contribution in [0.3, 0.4) is 0 Å². The number of nitrogens with zero attached hydrogens (tertiary/aromatic N) is 1. The fourth-order valence-electron chi connectivity index (χ4n) is 2.81. The number of hydrogen-bond acceptors (Lipinski definition) is 5. The van der Waals surface area contributed by atoms with Crippen LogP contribution < -0.4 is 15.4 Å². The lowest BCUT2D eigenvalue weighted by atomic mass is 10.1. The van der Waals surface area contributed by atoms with Crippen LogP contribution in [0, 0.1) is 0 Å². The first-order chi connectivity index (χ1) is 12.4. The number of sulfonamides is 1. The van der Waals surface area contributed by atoms with Gasteiger partial charge in [-0.3, -0.25) is 4.79 Å². The molecule has 3 rings (SSSR count). The van der Waals surface area contributed by atoms with Crippen molar-refractivity contribution in [2.45, 2.75) is 16.2 Å². The summed E-state index contributed by atoms with van der Waals surface area (Å²) >= 11 is 1.81. The van der Waals surface area contributed by atoms with Crippen LogP contribution in [0.4, 0.5) is 5.69 Å². The van der Waals surface area contributed by atoms with E-state index in [1.54, 1.807) is 12.1 Å². The van der Waals surface area contributed by atoms with Gasteiger partial charge in [0.05, 0.1) is 17.1 Å². The van der Waals surface area contributed by atoms with Gasteiger partial charge in [-0.2, -0.15) is 0 Å². The summed E-state index contributed by atoms with van der Waals surface area (Å²) in [5, 5.41) is 8.00. The Bertz CT molecular complexity index is 883. The SMILES string of the molecule is NS(=O)(=O)c1ccc(CCNC(=O)CN2CCSc3ccccc32)cc1. The molecule has 0 saturated carbocycles. The van der Waals surface area contributed by atoms with E-state index in [4.69, 9.17) is 5.14 Å². The highest BCUT2D eigenvalue weighted by Gasteiger charge is 2.18. The molecule has 3 N–H and O–H groups in total. The van der Waals surface area contributed by atoms with E-state index in [9.17, 15) is 13.2 Å². The molecule has 1 aliphatic heterocycles. The number of carbonyl (C=O) groups excluding carboxylic acids is 1. The number of hydrogen-bond donors (Lipinski definition) is 2. The number of amides is 1. The van der Waals surface area contributed by atoms with E-state index in [0.717, 1.165) is 23.5 Å². The van der Waals surface area contributed by atoms with Gasteiger partial charge < -0.3 is 10.2 Å². The molecule has 0 atom stereocenters. The summed E-state index contributed by atoms with van der Waals surface area (Å²) < 4.78 is 22.5. The highest BCUT2D eigenvalue weighted by atomic mass is 32.2. The second kappa shape index (κ2) is 8.11. The Balaban J connectivity index is 1.49. The van der Waals surface area contributed by atoms with Crippen molar-refractivity contribution >= 4 is 33.4 Å². The lowest BCUT2D eigenvalue weighted by Crippen LogP contribution is -2.40. The average molecular weight is 392 g/mol. The predicted molar refractivity (Wildman–Crippen MR) is 104 cm³/mol. The van der Waals surface area contributed by atoms with E-state index in [1.807, 2.05) is 30.0 Å². The highest BCUT2D eigenvalue weighted by Crippen LogP contribution is 2.33.